The van der Waals surface area contributed by atoms with Gasteiger partial charge in [-0.05, 0) is 67.6 Å². The zero-order valence-electron chi connectivity index (χ0n) is 19.5. The summed E-state index contributed by atoms with van der Waals surface area (Å²) in [7, 11) is 0. The molecule has 0 aromatic rings. The molecular formula is C27H38O4. The fraction of sp³-hybridized carbons (Fsp3) is 0.741. The summed E-state index contributed by atoms with van der Waals surface area (Å²) in [5.41, 5.74) is 0.491. The lowest BCUT2D eigenvalue weighted by atomic mass is 9.48. The van der Waals surface area contributed by atoms with Crippen LogP contribution in [0.3, 0.4) is 0 Å². The van der Waals surface area contributed by atoms with Crippen LogP contribution in [0.1, 0.15) is 91.4 Å². The number of carbonyl (C=O) groups is 3. The van der Waals surface area contributed by atoms with Gasteiger partial charge in [0.2, 0.25) is 0 Å². The van der Waals surface area contributed by atoms with E-state index in [2.05, 4.69) is 26.8 Å². The first-order valence-electron chi connectivity index (χ1n) is 12.5. The summed E-state index contributed by atoms with van der Waals surface area (Å²) in [6, 6.07) is 0. The number of unbranched alkanes of at least 4 members (excludes halogenated alkanes) is 4. The fourth-order valence-electron chi connectivity index (χ4n) is 7.19. The van der Waals surface area contributed by atoms with Crippen LogP contribution < -0.4 is 0 Å². The molecule has 0 saturated heterocycles. The second-order valence-electron chi connectivity index (χ2n) is 10.8. The maximum atomic E-state index is 12.7. The van der Waals surface area contributed by atoms with Gasteiger partial charge in [0.1, 0.15) is 11.9 Å². The fourth-order valence-corrected chi connectivity index (χ4v) is 7.19. The van der Waals surface area contributed by atoms with Crippen molar-refractivity contribution in [1.82, 2.24) is 0 Å². The monoisotopic (exact) mass is 426 g/mol. The number of hydrogen-bond donors (Lipinski definition) is 0. The summed E-state index contributed by atoms with van der Waals surface area (Å²) in [6.07, 6.45) is 15.4. The third-order valence-electron chi connectivity index (χ3n) is 9.02. The highest BCUT2D eigenvalue weighted by Gasteiger charge is 2.60. The molecular weight excluding hydrogens is 388 g/mol. The predicted octanol–water partition coefficient (Wildman–Crippen LogP) is 5.75. The molecule has 4 heteroatoms. The van der Waals surface area contributed by atoms with E-state index in [1.54, 1.807) is 12.2 Å². The number of hydrogen-bond acceptors (Lipinski definition) is 4. The van der Waals surface area contributed by atoms with E-state index in [0.717, 1.165) is 50.5 Å². The Hall–Kier alpha value is -1.71. The molecule has 3 saturated carbocycles. The molecule has 31 heavy (non-hydrogen) atoms. The van der Waals surface area contributed by atoms with Crippen LogP contribution in [0, 0.1) is 28.6 Å². The number of fused-ring (bicyclic) bond motifs is 5. The second kappa shape index (κ2) is 8.67. The van der Waals surface area contributed by atoms with E-state index in [1.807, 2.05) is 0 Å². The van der Waals surface area contributed by atoms with E-state index >= 15 is 0 Å². The molecule has 4 rings (SSSR count). The molecule has 0 bridgehead atoms. The van der Waals surface area contributed by atoms with Crippen LogP contribution in [0.5, 0.6) is 0 Å². The zero-order chi connectivity index (χ0) is 22.2. The van der Waals surface area contributed by atoms with Crippen LogP contribution in [-0.4, -0.2) is 23.6 Å². The van der Waals surface area contributed by atoms with Crippen LogP contribution in [0.4, 0.5) is 0 Å². The molecule has 0 aromatic heterocycles. The van der Waals surface area contributed by atoms with Gasteiger partial charge in [-0.1, -0.05) is 52.5 Å². The van der Waals surface area contributed by atoms with Crippen LogP contribution in [0.25, 0.3) is 0 Å². The summed E-state index contributed by atoms with van der Waals surface area (Å²) >= 11 is 0. The van der Waals surface area contributed by atoms with Crippen LogP contribution in [-0.2, 0) is 19.1 Å². The van der Waals surface area contributed by atoms with E-state index in [9.17, 15) is 14.4 Å². The van der Waals surface area contributed by atoms with Crippen molar-refractivity contribution in [2.45, 2.75) is 97.5 Å². The second-order valence-corrected chi connectivity index (χ2v) is 10.8. The summed E-state index contributed by atoms with van der Waals surface area (Å²) in [6.45, 7) is 6.56. The molecule has 0 aliphatic heterocycles. The van der Waals surface area contributed by atoms with Crippen LogP contribution in [0.2, 0.25) is 0 Å². The zero-order valence-corrected chi connectivity index (χ0v) is 19.5. The Morgan fingerprint density at radius 2 is 1.87 bits per heavy atom. The van der Waals surface area contributed by atoms with Gasteiger partial charge in [-0.15, -0.1) is 0 Å². The maximum Gasteiger partial charge on any atom is 0.306 e. The van der Waals surface area contributed by atoms with Crippen molar-refractivity contribution in [1.29, 1.82) is 0 Å². The van der Waals surface area contributed by atoms with Gasteiger partial charge in [-0.3, -0.25) is 14.4 Å². The number of ether oxygens (including phenoxy) is 1. The Morgan fingerprint density at radius 1 is 1.10 bits per heavy atom. The summed E-state index contributed by atoms with van der Waals surface area (Å²) in [4.78, 5) is 37.7. The van der Waals surface area contributed by atoms with Crippen molar-refractivity contribution in [2.24, 2.45) is 28.6 Å². The highest BCUT2D eigenvalue weighted by Crippen LogP contribution is 2.63. The van der Waals surface area contributed by atoms with Crippen molar-refractivity contribution in [3.63, 3.8) is 0 Å². The summed E-state index contributed by atoms with van der Waals surface area (Å²) < 4.78 is 6.06. The maximum absolute atomic E-state index is 12.7. The third-order valence-corrected chi connectivity index (χ3v) is 9.02. The number of allylic oxidation sites excluding steroid dienone is 3. The van der Waals surface area contributed by atoms with Crippen LogP contribution in [0.15, 0.2) is 23.8 Å². The van der Waals surface area contributed by atoms with Gasteiger partial charge in [-0.25, -0.2) is 0 Å². The summed E-state index contributed by atoms with van der Waals surface area (Å²) in [5, 5.41) is 0. The number of ketones is 2. The highest BCUT2D eigenvalue weighted by atomic mass is 16.5. The molecule has 6 atom stereocenters. The molecule has 0 spiro atoms. The average molecular weight is 427 g/mol. The number of carbonyl (C=O) groups excluding carboxylic acids is 3. The Kier molecular flexibility index (Phi) is 6.29. The van der Waals surface area contributed by atoms with Gasteiger partial charge in [0, 0.05) is 23.7 Å². The van der Waals surface area contributed by atoms with Gasteiger partial charge in [-0.2, -0.15) is 0 Å². The predicted molar refractivity (Wildman–Crippen MR) is 120 cm³/mol. The van der Waals surface area contributed by atoms with E-state index in [0.29, 0.717) is 36.4 Å². The standard InChI is InChI=1S/C27H38O4/c1-4-5-6-7-8-9-25(30)31-23-17-19-20-10-11-24(29)27(20,3)15-13-21(19)26(2)14-12-18(28)16-22(23)26/h12,14,16,19-21,23H,4-11,13,15,17H2,1-3H3/t19-,20-,21-,23+,26+,27-/m0/s1. The first-order valence-corrected chi connectivity index (χ1v) is 12.5. The van der Waals surface area contributed by atoms with Gasteiger partial charge in [0.25, 0.3) is 0 Å². The minimum absolute atomic E-state index is 0.0109. The number of esters is 1. The van der Waals surface area contributed by atoms with Crippen molar-refractivity contribution in [2.75, 3.05) is 0 Å². The van der Waals surface area contributed by atoms with E-state index < -0.39 is 0 Å². The van der Waals surface area contributed by atoms with E-state index in [-0.39, 0.29) is 28.7 Å². The summed E-state index contributed by atoms with van der Waals surface area (Å²) in [5.74, 6) is 1.37. The molecule has 0 heterocycles. The molecule has 170 valence electrons. The SMILES string of the molecule is CCCCCCCC(=O)O[C@@H]1C[C@@H]2[C@H](CC[C@]3(C)C(=O)CC[C@@H]23)[C@@]2(C)C=CC(=O)C=C12. The highest BCUT2D eigenvalue weighted by molar-refractivity contribution is 6.01. The van der Waals surface area contributed by atoms with Crippen molar-refractivity contribution >= 4 is 17.5 Å². The number of rotatable bonds is 7. The topological polar surface area (TPSA) is 60.4 Å². The minimum Gasteiger partial charge on any atom is -0.458 e. The van der Waals surface area contributed by atoms with Gasteiger partial charge >= 0.3 is 5.97 Å². The molecule has 3 fully saturated rings. The molecule has 0 unspecified atom stereocenters. The molecule has 4 aliphatic rings. The first-order chi connectivity index (χ1) is 14.8. The Labute approximate surface area is 186 Å². The minimum atomic E-state index is -0.346. The smallest absolute Gasteiger partial charge is 0.306 e. The Morgan fingerprint density at radius 3 is 2.65 bits per heavy atom. The van der Waals surface area contributed by atoms with Crippen molar-refractivity contribution in [3.8, 4) is 0 Å². The van der Waals surface area contributed by atoms with Gasteiger partial charge in [0.15, 0.2) is 5.78 Å². The Bertz CT molecular complexity index is 808. The molecule has 0 amide bonds. The lowest BCUT2D eigenvalue weighted by Crippen LogP contribution is -2.53. The number of Topliss-reactive ketones (excluding diaryl/α,β-unsaturated/α-hetero) is 1. The molecule has 0 aromatic carbocycles. The third kappa shape index (κ3) is 3.96. The van der Waals surface area contributed by atoms with Crippen LogP contribution >= 0.6 is 0 Å². The average Bonchev–Trinajstić information content (AvgIpc) is 3.04. The molecule has 0 radical (unpaired) electrons. The quantitative estimate of drug-likeness (QED) is 0.384. The largest absolute Gasteiger partial charge is 0.458 e. The first kappa shape index (κ1) is 22.5. The van der Waals surface area contributed by atoms with Crippen molar-refractivity contribution < 1.29 is 19.1 Å². The van der Waals surface area contributed by atoms with E-state index in [1.165, 1.54) is 12.8 Å². The molecule has 4 nitrogen and oxygen atoms in total. The van der Waals surface area contributed by atoms with Gasteiger partial charge < -0.3 is 4.74 Å². The normalized spacial score (nSPS) is 38.9. The van der Waals surface area contributed by atoms with E-state index in [4.69, 9.17) is 4.74 Å². The lowest BCUT2D eigenvalue weighted by Gasteiger charge is -2.57. The van der Waals surface area contributed by atoms with Crippen molar-refractivity contribution in [3.05, 3.63) is 23.8 Å². The lowest BCUT2D eigenvalue weighted by molar-refractivity contribution is -0.154. The molecule has 4 aliphatic carbocycles. The Balaban J connectivity index is 1.53. The molecule has 0 N–H and O–H groups in total. The van der Waals surface area contributed by atoms with Gasteiger partial charge in [0.05, 0.1) is 0 Å².